The quantitative estimate of drug-likeness (QED) is 0.624. The summed E-state index contributed by atoms with van der Waals surface area (Å²) in [6.07, 6.45) is 4.41. The third kappa shape index (κ3) is 7.92. The van der Waals surface area contributed by atoms with Crippen molar-refractivity contribution in [2.45, 2.75) is 58.9 Å². The molecule has 5 nitrogen and oxygen atoms in total. The Morgan fingerprint density at radius 2 is 1.94 bits per heavy atom. The van der Waals surface area contributed by atoms with Gasteiger partial charge < -0.3 is 15.3 Å². The van der Waals surface area contributed by atoms with Gasteiger partial charge in [0.2, 0.25) is 0 Å². The van der Waals surface area contributed by atoms with Crippen LogP contribution in [0.4, 0.5) is 4.79 Å². The fourth-order valence-corrected chi connectivity index (χ4v) is 1.71. The molecular weight excluding hydrogens is 232 g/mol. The van der Waals surface area contributed by atoms with Crippen molar-refractivity contribution in [3.8, 4) is 0 Å². The third-order valence-electron chi connectivity index (χ3n) is 2.88. The van der Waals surface area contributed by atoms with Crippen LogP contribution < -0.4 is 5.32 Å². The van der Waals surface area contributed by atoms with Crippen molar-refractivity contribution in [1.82, 2.24) is 10.2 Å². The first-order valence-corrected chi connectivity index (χ1v) is 6.78. The number of amides is 2. The lowest BCUT2D eigenvalue weighted by Crippen LogP contribution is -2.44. The molecule has 0 aromatic carbocycles. The Balaban J connectivity index is 3.98. The summed E-state index contributed by atoms with van der Waals surface area (Å²) in [5.41, 5.74) is 0. The van der Waals surface area contributed by atoms with Crippen molar-refractivity contribution in [3.05, 3.63) is 0 Å². The van der Waals surface area contributed by atoms with Gasteiger partial charge in [0.25, 0.3) is 0 Å². The van der Waals surface area contributed by atoms with Gasteiger partial charge in [0.15, 0.2) is 0 Å². The Bertz CT molecular complexity index is 257. The number of nitrogens with zero attached hydrogens (tertiary/aromatic N) is 1. The van der Waals surface area contributed by atoms with E-state index in [1.54, 1.807) is 0 Å². The maximum absolute atomic E-state index is 11.9. The van der Waals surface area contributed by atoms with Gasteiger partial charge in [-0.05, 0) is 20.3 Å². The maximum Gasteiger partial charge on any atom is 0.317 e. The molecule has 18 heavy (non-hydrogen) atoms. The third-order valence-corrected chi connectivity index (χ3v) is 2.88. The highest BCUT2D eigenvalue weighted by atomic mass is 16.4. The summed E-state index contributed by atoms with van der Waals surface area (Å²) in [6.45, 7) is 6.77. The molecule has 2 amide bonds. The van der Waals surface area contributed by atoms with Crippen LogP contribution in [0.2, 0.25) is 0 Å². The molecule has 5 heteroatoms. The molecule has 0 aliphatic heterocycles. The Labute approximate surface area is 110 Å². The normalized spacial score (nSPS) is 11.9. The Morgan fingerprint density at radius 1 is 1.28 bits per heavy atom. The largest absolute Gasteiger partial charge is 0.481 e. The lowest BCUT2D eigenvalue weighted by molar-refractivity contribution is -0.137. The van der Waals surface area contributed by atoms with Crippen LogP contribution in [0.15, 0.2) is 0 Å². The van der Waals surface area contributed by atoms with E-state index >= 15 is 0 Å². The van der Waals surface area contributed by atoms with Gasteiger partial charge >= 0.3 is 12.0 Å². The second-order valence-corrected chi connectivity index (χ2v) is 4.57. The van der Waals surface area contributed by atoms with Crippen LogP contribution in [-0.4, -0.2) is 41.1 Å². The van der Waals surface area contributed by atoms with E-state index in [1.165, 1.54) is 17.7 Å². The predicted octanol–water partition coefficient (Wildman–Crippen LogP) is 2.46. The summed E-state index contributed by atoms with van der Waals surface area (Å²) in [5.74, 6) is -0.878. The Morgan fingerprint density at radius 3 is 2.44 bits per heavy atom. The molecule has 0 aromatic rings. The molecule has 0 aliphatic rings. The van der Waals surface area contributed by atoms with E-state index in [9.17, 15) is 9.59 Å². The number of nitrogens with one attached hydrogen (secondary N) is 1. The summed E-state index contributed by atoms with van der Waals surface area (Å²) in [5, 5.41) is 11.5. The number of unbranched alkanes of at least 4 members (excludes halogenated alkanes) is 2. The van der Waals surface area contributed by atoms with Gasteiger partial charge in [0.1, 0.15) is 0 Å². The van der Waals surface area contributed by atoms with Gasteiger partial charge in [-0.15, -0.1) is 0 Å². The summed E-state index contributed by atoms with van der Waals surface area (Å²) < 4.78 is 0. The number of urea groups is 1. The fraction of sp³-hybridized carbons (Fsp3) is 0.846. The standard InChI is InChI=1S/C13H26N2O3/c1-4-6-7-8-11(3)14-13(18)15(5-2)10-9-12(16)17/h11H,4-10H2,1-3H3,(H,14,18)(H,16,17). The van der Waals surface area contributed by atoms with Crippen LogP contribution in [0, 0.1) is 0 Å². The monoisotopic (exact) mass is 258 g/mol. The Kier molecular flexibility index (Phi) is 9.06. The lowest BCUT2D eigenvalue weighted by Gasteiger charge is -2.23. The van der Waals surface area contributed by atoms with E-state index in [0.29, 0.717) is 6.54 Å². The topological polar surface area (TPSA) is 69.6 Å². The molecule has 1 unspecified atom stereocenters. The van der Waals surface area contributed by atoms with Crippen molar-refractivity contribution in [3.63, 3.8) is 0 Å². The van der Waals surface area contributed by atoms with Crippen LogP contribution in [0.25, 0.3) is 0 Å². The van der Waals surface area contributed by atoms with Crippen molar-refractivity contribution in [1.29, 1.82) is 0 Å². The zero-order valence-corrected chi connectivity index (χ0v) is 11.7. The highest BCUT2D eigenvalue weighted by molar-refractivity contribution is 5.75. The zero-order chi connectivity index (χ0) is 14.0. The second-order valence-electron chi connectivity index (χ2n) is 4.57. The SMILES string of the molecule is CCCCCC(C)NC(=O)N(CC)CCC(=O)O. The van der Waals surface area contributed by atoms with Crippen molar-refractivity contribution in [2.24, 2.45) is 0 Å². The molecule has 0 heterocycles. The highest BCUT2D eigenvalue weighted by Crippen LogP contribution is 2.03. The van der Waals surface area contributed by atoms with E-state index in [-0.39, 0.29) is 25.0 Å². The number of hydrogen-bond donors (Lipinski definition) is 2. The first kappa shape index (κ1) is 16.7. The van der Waals surface area contributed by atoms with Crippen LogP contribution >= 0.6 is 0 Å². The van der Waals surface area contributed by atoms with Crippen LogP contribution in [0.3, 0.4) is 0 Å². The van der Waals surface area contributed by atoms with Crippen LogP contribution in [0.5, 0.6) is 0 Å². The molecular formula is C13H26N2O3. The molecule has 0 saturated heterocycles. The number of carbonyl (C=O) groups excluding carboxylic acids is 1. The molecule has 0 spiro atoms. The van der Waals surface area contributed by atoms with E-state index < -0.39 is 5.97 Å². The number of carbonyl (C=O) groups is 2. The van der Waals surface area contributed by atoms with E-state index in [1.807, 2.05) is 13.8 Å². The molecule has 0 fully saturated rings. The second kappa shape index (κ2) is 9.74. The fourth-order valence-electron chi connectivity index (χ4n) is 1.71. The van der Waals surface area contributed by atoms with Gasteiger partial charge in [-0.1, -0.05) is 26.2 Å². The molecule has 0 saturated carbocycles. The minimum atomic E-state index is -0.878. The molecule has 106 valence electrons. The average molecular weight is 258 g/mol. The molecule has 0 aromatic heterocycles. The Hall–Kier alpha value is -1.26. The molecule has 0 aliphatic carbocycles. The summed E-state index contributed by atoms with van der Waals surface area (Å²) in [6, 6.07) is -0.0225. The van der Waals surface area contributed by atoms with Crippen LogP contribution in [0.1, 0.15) is 52.9 Å². The number of aliphatic carboxylic acids is 1. The van der Waals surface area contributed by atoms with Crippen molar-refractivity contribution in [2.75, 3.05) is 13.1 Å². The van der Waals surface area contributed by atoms with Gasteiger partial charge in [-0.25, -0.2) is 4.79 Å². The minimum Gasteiger partial charge on any atom is -0.481 e. The smallest absolute Gasteiger partial charge is 0.317 e. The molecule has 1 atom stereocenters. The van der Waals surface area contributed by atoms with Gasteiger partial charge in [-0.3, -0.25) is 4.79 Å². The molecule has 0 bridgehead atoms. The molecule has 2 N–H and O–H groups in total. The summed E-state index contributed by atoms with van der Waals surface area (Å²) in [4.78, 5) is 23.9. The summed E-state index contributed by atoms with van der Waals surface area (Å²) in [7, 11) is 0. The van der Waals surface area contributed by atoms with Gasteiger partial charge in [0, 0.05) is 19.1 Å². The van der Waals surface area contributed by atoms with E-state index in [2.05, 4.69) is 12.2 Å². The maximum atomic E-state index is 11.9. The zero-order valence-electron chi connectivity index (χ0n) is 11.7. The van der Waals surface area contributed by atoms with E-state index in [4.69, 9.17) is 5.11 Å². The first-order valence-electron chi connectivity index (χ1n) is 6.78. The average Bonchev–Trinajstić information content (AvgIpc) is 2.29. The van der Waals surface area contributed by atoms with Crippen molar-refractivity contribution < 1.29 is 14.7 Å². The lowest BCUT2D eigenvalue weighted by atomic mass is 10.1. The number of hydrogen-bond acceptors (Lipinski definition) is 2. The first-order chi connectivity index (χ1) is 8.51. The summed E-state index contributed by atoms with van der Waals surface area (Å²) >= 11 is 0. The highest BCUT2D eigenvalue weighted by Gasteiger charge is 2.14. The van der Waals surface area contributed by atoms with Gasteiger partial charge in [-0.2, -0.15) is 0 Å². The van der Waals surface area contributed by atoms with Crippen LogP contribution in [-0.2, 0) is 4.79 Å². The van der Waals surface area contributed by atoms with E-state index in [0.717, 1.165) is 12.8 Å². The van der Waals surface area contributed by atoms with Gasteiger partial charge in [0.05, 0.1) is 6.42 Å². The molecule has 0 rings (SSSR count). The predicted molar refractivity (Wildman–Crippen MR) is 71.6 cm³/mol. The number of carboxylic acid groups (broad SMARTS) is 1. The number of carboxylic acids is 1. The number of rotatable bonds is 9. The van der Waals surface area contributed by atoms with Crippen molar-refractivity contribution >= 4 is 12.0 Å². The minimum absolute atomic E-state index is 0.00846. The molecule has 0 radical (unpaired) electrons.